The maximum Gasteiger partial charge on any atom is 0.264 e. The normalized spacial score (nSPS) is 15.0. The Balaban J connectivity index is 1.43. The summed E-state index contributed by atoms with van der Waals surface area (Å²) in [5, 5.41) is 8.90. The molecule has 1 aliphatic heterocycles. The van der Waals surface area contributed by atoms with E-state index >= 15 is 0 Å². The van der Waals surface area contributed by atoms with Gasteiger partial charge in [-0.25, -0.2) is 9.50 Å². The molecule has 1 amide bonds. The molecule has 5 aromatic rings. The fraction of sp³-hybridized carbons (Fsp3) is 0.273. The highest BCUT2D eigenvalue weighted by Gasteiger charge is 2.23. The van der Waals surface area contributed by atoms with E-state index in [1.54, 1.807) is 34.5 Å². The number of fused-ring (bicyclic) bond motifs is 2. The van der Waals surface area contributed by atoms with Gasteiger partial charge in [-0.3, -0.25) is 14.2 Å². The van der Waals surface area contributed by atoms with Gasteiger partial charge in [0.05, 0.1) is 17.1 Å². The zero-order chi connectivity index (χ0) is 28.5. The molecule has 0 radical (unpaired) electrons. The number of para-hydroxylation sites is 1. The van der Waals surface area contributed by atoms with Crippen LogP contribution in [0.25, 0.3) is 22.1 Å². The average molecular weight is 545 g/mol. The smallest absolute Gasteiger partial charge is 0.264 e. The molecule has 2 aromatic carbocycles. The van der Waals surface area contributed by atoms with Gasteiger partial charge in [0, 0.05) is 35.3 Å². The minimum Gasteiger partial charge on any atom is -0.344 e. The van der Waals surface area contributed by atoms with Crippen LogP contribution in [0.4, 0.5) is 0 Å². The second-order valence-corrected chi connectivity index (χ2v) is 10.7. The summed E-state index contributed by atoms with van der Waals surface area (Å²) in [6, 6.07) is 18.6. The first kappa shape index (κ1) is 26.5. The van der Waals surface area contributed by atoms with Crippen LogP contribution in [-0.4, -0.2) is 50.1 Å². The Hall–Kier alpha value is -4.74. The number of hydrogen-bond donors (Lipinski definition) is 1. The third kappa shape index (κ3) is 5.12. The maximum atomic E-state index is 14.3. The molecule has 1 atom stereocenters. The zero-order valence-electron chi connectivity index (χ0n) is 23.5. The topological polar surface area (TPSA) is 84.5 Å². The van der Waals surface area contributed by atoms with Crippen molar-refractivity contribution in [3.05, 3.63) is 106 Å². The number of piperidine rings is 1. The highest BCUT2D eigenvalue weighted by atomic mass is 16.2. The van der Waals surface area contributed by atoms with E-state index in [2.05, 4.69) is 39.2 Å². The Morgan fingerprint density at radius 2 is 1.85 bits per heavy atom. The number of nitrogens with one attached hydrogen (secondary N) is 1. The lowest BCUT2D eigenvalue weighted by Gasteiger charge is -2.25. The second kappa shape index (κ2) is 11.0. The lowest BCUT2D eigenvalue weighted by Crippen LogP contribution is -2.32. The minimum absolute atomic E-state index is 0.160. The summed E-state index contributed by atoms with van der Waals surface area (Å²) in [6.07, 6.45) is 5.47. The van der Waals surface area contributed by atoms with Crippen LogP contribution in [0.1, 0.15) is 53.1 Å². The summed E-state index contributed by atoms with van der Waals surface area (Å²) in [5.74, 6) is 6.81. The number of hydrogen-bond acceptors (Lipinski definition) is 5. The molecule has 1 fully saturated rings. The summed E-state index contributed by atoms with van der Waals surface area (Å²) < 4.78 is 3.29. The van der Waals surface area contributed by atoms with Crippen LogP contribution >= 0.6 is 0 Å². The van der Waals surface area contributed by atoms with Crippen LogP contribution < -0.4 is 10.9 Å². The molecule has 1 N–H and O–H groups in total. The number of rotatable bonds is 4. The van der Waals surface area contributed by atoms with Crippen molar-refractivity contribution in [2.75, 3.05) is 20.1 Å². The van der Waals surface area contributed by atoms with Crippen molar-refractivity contribution >= 4 is 22.3 Å². The summed E-state index contributed by atoms with van der Waals surface area (Å²) in [5.41, 5.74) is 3.45. The van der Waals surface area contributed by atoms with Crippen molar-refractivity contribution in [1.82, 2.24) is 29.4 Å². The second-order valence-electron chi connectivity index (χ2n) is 10.7. The summed E-state index contributed by atoms with van der Waals surface area (Å²) in [4.78, 5) is 34.5. The van der Waals surface area contributed by atoms with E-state index in [9.17, 15) is 9.59 Å². The third-order valence-corrected chi connectivity index (χ3v) is 7.81. The predicted molar refractivity (Wildman–Crippen MR) is 160 cm³/mol. The average Bonchev–Trinajstić information content (AvgIpc) is 3.32. The summed E-state index contributed by atoms with van der Waals surface area (Å²) in [6.45, 7) is 5.75. The van der Waals surface area contributed by atoms with E-state index in [-0.39, 0.29) is 11.5 Å². The van der Waals surface area contributed by atoms with Crippen molar-refractivity contribution in [2.24, 2.45) is 5.92 Å². The van der Waals surface area contributed by atoms with E-state index in [1.807, 2.05) is 61.5 Å². The van der Waals surface area contributed by atoms with E-state index in [0.717, 1.165) is 42.6 Å². The van der Waals surface area contributed by atoms with Gasteiger partial charge in [-0.05, 0) is 82.5 Å². The number of carbonyl (C=O) groups is 1. The molecular formula is C33H32N6O2. The molecule has 0 bridgehead atoms. The van der Waals surface area contributed by atoms with Crippen molar-refractivity contribution in [1.29, 1.82) is 0 Å². The highest BCUT2D eigenvalue weighted by Crippen LogP contribution is 2.24. The zero-order valence-corrected chi connectivity index (χ0v) is 23.5. The predicted octanol–water partition coefficient (Wildman–Crippen LogP) is 4.53. The molecule has 0 saturated carbocycles. The number of benzene rings is 2. The molecule has 206 valence electrons. The van der Waals surface area contributed by atoms with Crippen molar-refractivity contribution in [3.8, 4) is 17.5 Å². The Labute approximate surface area is 238 Å². The van der Waals surface area contributed by atoms with Gasteiger partial charge in [0.15, 0.2) is 5.65 Å². The number of amides is 1. The molecular weight excluding hydrogens is 512 g/mol. The van der Waals surface area contributed by atoms with Crippen LogP contribution in [0.3, 0.4) is 0 Å². The maximum absolute atomic E-state index is 14.3. The quantitative estimate of drug-likeness (QED) is 0.336. The van der Waals surface area contributed by atoms with Crippen LogP contribution in [-0.2, 0) is 0 Å². The molecule has 3 aromatic heterocycles. The van der Waals surface area contributed by atoms with Gasteiger partial charge in [0.2, 0.25) is 0 Å². The van der Waals surface area contributed by atoms with Gasteiger partial charge in [-0.2, -0.15) is 5.10 Å². The minimum atomic E-state index is -0.494. The Kier molecular flexibility index (Phi) is 7.12. The van der Waals surface area contributed by atoms with Crippen LogP contribution in [0.15, 0.2) is 77.9 Å². The molecule has 8 heteroatoms. The van der Waals surface area contributed by atoms with E-state index in [4.69, 9.17) is 0 Å². The number of carbonyl (C=O) groups excluding carboxylic acids is 1. The van der Waals surface area contributed by atoms with Crippen molar-refractivity contribution < 1.29 is 4.79 Å². The Morgan fingerprint density at radius 1 is 1.07 bits per heavy atom. The van der Waals surface area contributed by atoms with Gasteiger partial charge in [-0.15, -0.1) is 0 Å². The van der Waals surface area contributed by atoms with E-state index < -0.39 is 6.04 Å². The summed E-state index contributed by atoms with van der Waals surface area (Å²) in [7, 11) is 2.14. The third-order valence-electron chi connectivity index (χ3n) is 7.81. The van der Waals surface area contributed by atoms with Gasteiger partial charge in [0.1, 0.15) is 5.56 Å². The largest absolute Gasteiger partial charge is 0.344 e. The first-order valence-electron chi connectivity index (χ1n) is 14.0. The highest BCUT2D eigenvalue weighted by molar-refractivity contribution is 6.01. The van der Waals surface area contributed by atoms with E-state index in [1.165, 1.54) is 0 Å². The van der Waals surface area contributed by atoms with Gasteiger partial charge in [0.25, 0.3) is 11.5 Å². The monoisotopic (exact) mass is 544 g/mol. The summed E-state index contributed by atoms with van der Waals surface area (Å²) >= 11 is 0. The number of pyridine rings is 1. The fourth-order valence-electron chi connectivity index (χ4n) is 5.59. The molecule has 1 aliphatic rings. The standard InChI is InChI=1S/C33H32N6O2/c1-22(35-32(40)29-23(2)36-38-18-8-17-34-31(29)38)28-21-26-10-7-9-25(14-13-24-15-19-37(3)20-16-24)30(26)33(41)39(28)27-11-5-4-6-12-27/h4-12,17-18,21-22,24H,15-16,19-20H2,1-3H3,(H,35,40). The first-order chi connectivity index (χ1) is 19.9. The molecule has 4 heterocycles. The molecule has 1 saturated heterocycles. The first-order valence-corrected chi connectivity index (χ1v) is 14.0. The Bertz CT molecular complexity index is 1870. The van der Waals surface area contributed by atoms with Crippen molar-refractivity contribution in [3.63, 3.8) is 0 Å². The Morgan fingerprint density at radius 3 is 2.63 bits per heavy atom. The van der Waals surface area contributed by atoms with Crippen LogP contribution in [0.2, 0.25) is 0 Å². The molecule has 0 spiro atoms. The molecule has 0 aliphatic carbocycles. The van der Waals surface area contributed by atoms with Gasteiger partial charge >= 0.3 is 0 Å². The molecule has 8 nitrogen and oxygen atoms in total. The number of likely N-dealkylation sites (tertiary alicyclic amines) is 1. The van der Waals surface area contributed by atoms with Gasteiger partial charge in [-0.1, -0.05) is 42.2 Å². The van der Waals surface area contributed by atoms with Crippen molar-refractivity contribution in [2.45, 2.75) is 32.7 Å². The SMILES string of the molecule is Cc1nn2cccnc2c1C(=O)NC(C)c1cc2cccc(C#CC3CCN(C)CC3)c2c(=O)n1-c1ccccc1. The number of aromatic nitrogens is 4. The van der Waals surface area contributed by atoms with Gasteiger partial charge < -0.3 is 10.2 Å². The number of nitrogens with zero attached hydrogens (tertiary/aromatic N) is 5. The fourth-order valence-corrected chi connectivity index (χ4v) is 5.59. The van der Waals surface area contributed by atoms with Crippen LogP contribution in [0.5, 0.6) is 0 Å². The molecule has 1 unspecified atom stereocenters. The molecule has 6 rings (SSSR count). The lowest BCUT2D eigenvalue weighted by atomic mass is 9.96. The van der Waals surface area contributed by atoms with Crippen LogP contribution in [0, 0.1) is 24.7 Å². The lowest BCUT2D eigenvalue weighted by molar-refractivity contribution is 0.0939. The molecule has 41 heavy (non-hydrogen) atoms. The number of aryl methyl sites for hydroxylation is 1. The van der Waals surface area contributed by atoms with E-state index in [0.29, 0.717) is 33.9 Å².